The third-order valence-corrected chi connectivity index (χ3v) is 5.69. The summed E-state index contributed by atoms with van der Waals surface area (Å²) in [4.78, 5) is 29.3. The second-order valence-electron chi connectivity index (χ2n) is 7.49. The summed E-state index contributed by atoms with van der Waals surface area (Å²) in [6, 6.07) is 5.40. The van der Waals surface area contributed by atoms with E-state index in [1.165, 1.54) is 0 Å². The molecule has 148 valence electrons. The third-order valence-electron chi connectivity index (χ3n) is 5.69. The van der Waals surface area contributed by atoms with Gasteiger partial charge in [-0.05, 0) is 30.9 Å². The van der Waals surface area contributed by atoms with Crippen LogP contribution in [0.4, 0.5) is 5.69 Å². The molecule has 2 N–H and O–H groups in total. The molecule has 0 radical (unpaired) electrons. The average Bonchev–Trinajstić information content (AvgIpc) is 3.08. The van der Waals surface area contributed by atoms with Gasteiger partial charge < -0.3 is 25.0 Å². The van der Waals surface area contributed by atoms with Crippen molar-refractivity contribution in [1.82, 2.24) is 4.90 Å². The molecule has 2 aliphatic rings. The molecule has 3 atom stereocenters. The highest BCUT2D eigenvalue weighted by atomic mass is 16.5. The van der Waals surface area contributed by atoms with Crippen molar-refractivity contribution in [3.8, 4) is 11.5 Å². The largest absolute Gasteiger partial charge is 0.497 e. The SMILES string of the molecule is COc1ccc(N2CC(C(=O)N3CCC(C)CC3CN)CC2=O)c(OC)c1. The molecule has 0 saturated carbocycles. The van der Waals surface area contributed by atoms with E-state index in [9.17, 15) is 9.59 Å². The lowest BCUT2D eigenvalue weighted by atomic mass is 9.91. The van der Waals surface area contributed by atoms with Crippen LogP contribution in [0.3, 0.4) is 0 Å². The predicted molar refractivity (Wildman–Crippen MR) is 103 cm³/mol. The van der Waals surface area contributed by atoms with E-state index in [1.807, 2.05) is 4.90 Å². The number of benzene rings is 1. The molecule has 2 aliphatic heterocycles. The number of methoxy groups -OCH3 is 2. The number of carbonyl (C=O) groups excluding carboxylic acids is 2. The van der Waals surface area contributed by atoms with Crippen LogP contribution in [-0.4, -0.2) is 56.6 Å². The molecule has 2 amide bonds. The van der Waals surface area contributed by atoms with Crippen molar-refractivity contribution in [3.63, 3.8) is 0 Å². The zero-order valence-corrected chi connectivity index (χ0v) is 16.3. The van der Waals surface area contributed by atoms with Gasteiger partial charge in [-0.3, -0.25) is 9.59 Å². The van der Waals surface area contributed by atoms with E-state index in [4.69, 9.17) is 15.2 Å². The van der Waals surface area contributed by atoms with Gasteiger partial charge in [0, 0.05) is 38.2 Å². The van der Waals surface area contributed by atoms with E-state index in [0.717, 1.165) is 19.4 Å². The van der Waals surface area contributed by atoms with Crippen LogP contribution in [-0.2, 0) is 9.59 Å². The van der Waals surface area contributed by atoms with Crippen molar-refractivity contribution in [2.75, 3.05) is 38.8 Å². The number of rotatable bonds is 5. The molecule has 3 rings (SSSR count). The number of amides is 2. The molecule has 2 saturated heterocycles. The first-order valence-electron chi connectivity index (χ1n) is 9.51. The summed E-state index contributed by atoms with van der Waals surface area (Å²) in [6.07, 6.45) is 2.13. The van der Waals surface area contributed by atoms with Crippen LogP contribution in [0.2, 0.25) is 0 Å². The summed E-state index contributed by atoms with van der Waals surface area (Å²) in [5, 5.41) is 0. The predicted octanol–water partition coefficient (Wildman–Crippen LogP) is 1.64. The van der Waals surface area contributed by atoms with Crippen LogP contribution >= 0.6 is 0 Å². The third kappa shape index (κ3) is 3.88. The Kier molecular flexibility index (Phi) is 5.89. The van der Waals surface area contributed by atoms with E-state index in [0.29, 0.717) is 36.2 Å². The van der Waals surface area contributed by atoms with Gasteiger partial charge in [0.05, 0.1) is 25.8 Å². The minimum Gasteiger partial charge on any atom is -0.497 e. The van der Waals surface area contributed by atoms with Crippen molar-refractivity contribution in [2.24, 2.45) is 17.6 Å². The Balaban J connectivity index is 1.76. The lowest BCUT2D eigenvalue weighted by Crippen LogP contribution is -2.51. The highest BCUT2D eigenvalue weighted by molar-refractivity contribution is 6.01. The van der Waals surface area contributed by atoms with Gasteiger partial charge in [-0.15, -0.1) is 0 Å². The summed E-state index contributed by atoms with van der Waals surface area (Å²) in [6.45, 7) is 3.75. The normalized spacial score (nSPS) is 25.6. The van der Waals surface area contributed by atoms with Gasteiger partial charge >= 0.3 is 0 Å². The number of hydrogen-bond donors (Lipinski definition) is 1. The molecule has 1 aromatic rings. The van der Waals surface area contributed by atoms with E-state index in [-0.39, 0.29) is 30.2 Å². The summed E-state index contributed by atoms with van der Waals surface area (Å²) >= 11 is 0. The number of ether oxygens (including phenoxy) is 2. The van der Waals surface area contributed by atoms with Gasteiger partial charge in [-0.1, -0.05) is 6.92 Å². The van der Waals surface area contributed by atoms with Crippen molar-refractivity contribution >= 4 is 17.5 Å². The van der Waals surface area contributed by atoms with Crippen LogP contribution in [0.1, 0.15) is 26.2 Å². The minimum absolute atomic E-state index is 0.0423. The van der Waals surface area contributed by atoms with Crippen molar-refractivity contribution < 1.29 is 19.1 Å². The van der Waals surface area contributed by atoms with E-state index < -0.39 is 0 Å². The average molecular weight is 375 g/mol. The fraction of sp³-hybridized carbons (Fsp3) is 0.600. The van der Waals surface area contributed by atoms with Crippen LogP contribution in [0, 0.1) is 11.8 Å². The summed E-state index contributed by atoms with van der Waals surface area (Å²) in [5.41, 5.74) is 6.57. The topological polar surface area (TPSA) is 85.1 Å². The van der Waals surface area contributed by atoms with Crippen molar-refractivity contribution in [1.29, 1.82) is 0 Å². The Morgan fingerprint density at radius 1 is 1.30 bits per heavy atom. The highest BCUT2D eigenvalue weighted by Crippen LogP contribution is 2.36. The van der Waals surface area contributed by atoms with Crippen molar-refractivity contribution in [2.45, 2.75) is 32.2 Å². The molecule has 27 heavy (non-hydrogen) atoms. The standard InChI is InChI=1S/C20H29N3O4/c1-13-6-7-22(15(8-13)11-21)20(25)14-9-19(24)23(12-14)17-5-4-16(26-2)10-18(17)27-3/h4-5,10,13-15H,6-9,11-12,21H2,1-3H3. The Morgan fingerprint density at radius 2 is 2.07 bits per heavy atom. The van der Waals surface area contributed by atoms with Gasteiger partial charge in [0.2, 0.25) is 11.8 Å². The zero-order valence-electron chi connectivity index (χ0n) is 16.3. The molecule has 2 fully saturated rings. The van der Waals surface area contributed by atoms with E-state index in [2.05, 4.69) is 6.92 Å². The molecule has 7 heteroatoms. The van der Waals surface area contributed by atoms with Crippen LogP contribution in [0.15, 0.2) is 18.2 Å². The maximum atomic E-state index is 13.1. The monoisotopic (exact) mass is 375 g/mol. The van der Waals surface area contributed by atoms with Crippen LogP contribution < -0.4 is 20.1 Å². The lowest BCUT2D eigenvalue weighted by molar-refractivity contribution is -0.139. The van der Waals surface area contributed by atoms with Crippen molar-refractivity contribution in [3.05, 3.63) is 18.2 Å². The minimum atomic E-state index is -0.341. The van der Waals surface area contributed by atoms with Crippen LogP contribution in [0.25, 0.3) is 0 Å². The number of piperidine rings is 1. The van der Waals surface area contributed by atoms with Gasteiger partial charge in [-0.2, -0.15) is 0 Å². The molecule has 2 heterocycles. The molecule has 0 bridgehead atoms. The first-order valence-corrected chi connectivity index (χ1v) is 9.51. The molecular weight excluding hydrogens is 346 g/mol. The molecule has 0 aromatic heterocycles. The van der Waals surface area contributed by atoms with Gasteiger partial charge in [-0.25, -0.2) is 0 Å². The summed E-state index contributed by atoms with van der Waals surface area (Å²) in [5.74, 6) is 1.43. The number of carbonyl (C=O) groups is 2. The molecule has 7 nitrogen and oxygen atoms in total. The number of nitrogens with zero attached hydrogens (tertiary/aromatic N) is 2. The highest BCUT2D eigenvalue weighted by Gasteiger charge is 2.40. The maximum Gasteiger partial charge on any atom is 0.228 e. The van der Waals surface area contributed by atoms with Crippen LogP contribution in [0.5, 0.6) is 11.5 Å². The zero-order chi connectivity index (χ0) is 19.6. The smallest absolute Gasteiger partial charge is 0.228 e. The molecule has 0 aliphatic carbocycles. The second kappa shape index (κ2) is 8.17. The Bertz CT molecular complexity index is 708. The molecule has 3 unspecified atom stereocenters. The fourth-order valence-electron chi connectivity index (χ4n) is 4.11. The Morgan fingerprint density at radius 3 is 2.74 bits per heavy atom. The Labute approximate surface area is 160 Å². The second-order valence-corrected chi connectivity index (χ2v) is 7.49. The summed E-state index contributed by atoms with van der Waals surface area (Å²) < 4.78 is 10.6. The quantitative estimate of drug-likeness (QED) is 0.846. The number of nitrogens with two attached hydrogens (primary N) is 1. The van der Waals surface area contributed by atoms with E-state index >= 15 is 0 Å². The first-order chi connectivity index (χ1) is 13.0. The maximum absolute atomic E-state index is 13.1. The van der Waals surface area contributed by atoms with Gasteiger partial charge in [0.15, 0.2) is 0 Å². The number of hydrogen-bond acceptors (Lipinski definition) is 5. The first kappa shape index (κ1) is 19.5. The summed E-state index contributed by atoms with van der Waals surface area (Å²) in [7, 11) is 3.14. The molecule has 1 aromatic carbocycles. The Hall–Kier alpha value is -2.28. The lowest BCUT2D eigenvalue weighted by Gasteiger charge is -2.39. The van der Waals surface area contributed by atoms with Gasteiger partial charge in [0.1, 0.15) is 11.5 Å². The van der Waals surface area contributed by atoms with E-state index in [1.54, 1.807) is 37.3 Å². The fourth-order valence-corrected chi connectivity index (χ4v) is 4.11. The molecular formula is C20H29N3O4. The van der Waals surface area contributed by atoms with Gasteiger partial charge in [0.25, 0.3) is 0 Å². The number of anilines is 1. The molecule has 0 spiro atoms. The number of likely N-dealkylation sites (tertiary alicyclic amines) is 1.